The van der Waals surface area contributed by atoms with E-state index in [4.69, 9.17) is 0 Å². The van der Waals surface area contributed by atoms with Crippen molar-refractivity contribution in [2.24, 2.45) is 0 Å². The summed E-state index contributed by atoms with van der Waals surface area (Å²) in [5, 5.41) is 7.55. The maximum absolute atomic E-state index is 12.9. The number of carbonyl (C=O) groups is 1. The van der Waals surface area contributed by atoms with Crippen LogP contribution in [0.25, 0.3) is 0 Å². The van der Waals surface area contributed by atoms with Crippen LogP contribution in [-0.4, -0.2) is 21.7 Å². The van der Waals surface area contributed by atoms with Crippen LogP contribution in [0.3, 0.4) is 0 Å². The van der Waals surface area contributed by atoms with Crippen LogP contribution >= 0.6 is 0 Å². The lowest BCUT2D eigenvalue weighted by molar-refractivity contribution is 0.0920. The Bertz CT molecular complexity index is 874. The summed E-state index contributed by atoms with van der Waals surface area (Å²) >= 11 is 0. The molecule has 1 aliphatic carbocycles. The zero-order valence-electron chi connectivity index (χ0n) is 15.4. The minimum atomic E-state index is 0.0187. The summed E-state index contributed by atoms with van der Waals surface area (Å²) in [7, 11) is 0. The molecule has 1 N–H and O–H groups in total. The number of nitrogens with zero attached hydrogens (tertiary/aromatic N) is 2. The molecule has 0 bridgehead atoms. The number of aromatic nitrogens is 2. The van der Waals surface area contributed by atoms with Crippen molar-refractivity contribution in [3.8, 4) is 0 Å². The van der Waals surface area contributed by atoms with Crippen LogP contribution in [0.4, 0.5) is 0 Å². The summed E-state index contributed by atoms with van der Waals surface area (Å²) in [6.07, 6.45) is 8.27. The van der Waals surface area contributed by atoms with Gasteiger partial charge in [-0.25, -0.2) is 0 Å². The maximum Gasteiger partial charge on any atom is 0.251 e. The first-order chi connectivity index (χ1) is 13.3. The molecule has 0 aliphatic heterocycles. The summed E-state index contributed by atoms with van der Waals surface area (Å²) in [6.45, 7) is 0.671. The number of hydrogen-bond donors (Lipinski definition) is 1. The van der Waals surface area contributed by atoms with E-state index in [0.717, 1.165) is 24.0 Å². The molecule has 4 nitrogen and oxygen atoms in total. The lowest BCUT2D eigenvalue weighted by Gasteiger charge is -2.32. The average Bonchev–Trinajstić information content (AvgIpc) is 3.22. The molecule has 0 unspecified atom stereocenters. The Kier molecular flexibility index (Phi) is 5.33. The van der Waals surface area contributed by atoms with E-state index in [9.17, 15) is 4.79 Å². The predicted molar refractivity (Wildman–Crippen MR) is 107 cm³/mol. The smallest absolute Gasteiger partial charge is 0.251 e. The van der Waals surface area contributed by atoms with E-state index in [-0.39, 0.29) is 11.9 Å². The zero-order chi connectivity index (χ0) is 18.5. The number of hydrogen-bond acceptors (Lipinski definition) is 2. The van der Waals surface area contributed by atoms with Gasteiger partial charge in [0.25, 0.3) is 5.91 Å². The van der Waals surface area contributed by atoms with Crippen LogP contribution in [0.15, 0.2) is 73.1 Å². The van der Waals surface area contributed by atoms with E-state index in [2.05, 4.69) is 34.7 Å². The van der Waals surface area contributed by atoms with E-state index < -0.39 is 0 Å². The molecule has 27 heavy (non-hydrogen) atoms. The molecule has 0 radical (unpaired) electrons. The summed E-state index contributed by atoms with van der Waals surface area (Å²) < 4.78 is 1.86. The Morgan fingerprint density at radius 2 is 1.89 bits per heavy atom. The van der Waals surface area contributed by atoms with Gasteiger partial charge in [0.05, 0.1) is 6.54 Å². The minimum absolute atomic E-state index is 0.0187. The van der Waals surface area contributed by atoms with Crippen LogP contribution in [0, 0.1) is 0 Å². The molecular formula is C23H25N3O. The lowest BCUT2D eigenvalue weighted by Crippen LogP contribution is -2.41. The third-order valence-corrected chi connectivity index (χ3v) is 5.40. The van der Waals surface area contributed by atoms with E-state index in [1.807, 2.05) is 47.3 Å². The van der Waals surface area contributed by atoms with Crippen molar-refractivity contribution in [3.05, 3.63) is 89.7 Å². The van der Waals surface area contributed by atoms with Crippen LogP contribution in [-0.2, 0) is 6.54 Å². The second kappa shape index (κ2) is 8.21. The monoisotopic (exact) mass is 359 g/mol. The fraction of sp³-hybridized carbons (Fsp3) is 0.304. The second-order valence-electron chi connectivity index (χ2n) is 7.29. The number of rotatable bonds is 5. The molecule has 0 spiro atoms. The first-order valence-electron chi connectivity index (χ1n) is 9.72. The van der Waals surface area contributed by atoms with Gasteiger partial charge < -0.3 is 5.32 Å². The molecule has 0 saturated heterocycles. The molecule has 1 heterocycles. The molecule has 138 valence electrons. The Labute approximate surface area is 160 Å². The summed E-state index contributed by atoms with van der Waals surface area (Å²) in [5.74, 6) is 0.418. The lowest BCUT2D eigenvalue weighted by atomic mass is 9.80. The average molecular weight is 359 g/mol. The number of nitrogens with one attached hydrogen (secondary N) is 1. The largest absolute Gasteiger partial charge is 0.349 e. The Morgan fingerprint density at radius 1 is 1.04 bits per heavy atom. The van der Waals surface area contributed by atoms with Crippen molar-refractivity contribution >= 4 is 5.91 Å². The van der Waals surface area contributed by atoms with Gasteiger partial charge in [-0.1, -0.05) is 55.3 Å². The van der Waals surface area contributed by atoms with Gasteiger partial charge in [-0.15, -0.1) is 0 Å². The highest BCUT2D eigenvalue weighted by Gasteiger charge is 2.27. The van der Waals surface area contributed by atoms with Crippen molar-refractivity contribution < 1.29 is 4.79 Å². The Hall–Kier alpha value is -2.88. The molecular weight excluding hydrogens is 334 g/mol. The standard InChI is InChI=1S/C23H25N3O/c27-23(20-11-6-8-18(16-20)17-26-15-7-14-24-26)25-22-13-5-4-12-21(22)19-9-2-1-3-10-19/h1-3,6-11,14-16,21-22H,4-5,12-13,17H2,(H,25,27)/t21-,22+/m0/s1. The first kappa shape index (κ1) is 17.5. The predicted octanol–water partition coefficient (Wildman–Crippen LogP) is 4.39. The highest BCUT2D eigenvalue weighted by molar-refractivity contribution is 5.94. The van der Waals surface area contributed by atoms with Gasteiger partial charge in [0.2, 0.25) is 0 Å². The Morgan fingerprint density at radius 3 is 2.70 bits per heavy atom. The summed E-state index contributed by atoms with van der Waals surface area (Å²) in [4.78, 5) is 12.9. The quantitative estimate of drug-likeness (QED) is 0.734. The van der Waals surface area contributed by atoms with Crippen LogP contribution in [0.5, 0.6) is 0 Å². The normalized spacial score (nSPS) is 19.6. The van der Waals surface area contributed by atoms with Crippen LogP contribution in [0.1, 0.15) is 53.1 Å². The molecule has 1 fully saturated rings. The van der Waals surface area contributed by atoms with E-state index in [1.54, 1.807) is 6.20 Å². The molecule has 1 amide bonds. The SMILES string of the molecule is O=C(N[C@@H]1CCCC[C@H]1c1ccccc1)c1cccc(Cn2cccn2)c1. The molecule has 2 aromatic carbocycles. The van der Waals surface area contributed by atoms with Gasteiger partial charge in [0.1, 0.15) is 0 Å². The first-order valence-corrected chi connectivity index (χ1v) is 9.72. The molecule has 3 aromatic rings. The van der Waals surface area contributed by atoms with Crippen LogP contribution < -0.4 is 5.32 Å². The van der Waals surface area contributed by atoms with Crippen LogP contribution in [0.2, 0.25) is 0 Å². The highest BCUT2D eigenvalue weighted by atomic mass is 16.1. The molecule has 1 aliphatic rings. The van der Waals surface area contributed by atoms with Gasteiger partial charge in [-0.2, -0.15) is 5.10 Å². The fourth-order valence-electron chi connectivity index (χ4n) is 4.05. The third-order valence-electron chi connectivity index (χ3n) is 5.40. The summed E-state index contributed by atoms with van der Waals surface area (Å²) in [6, 6.07) is 20.5. The molecule has 1 aromatic heterocycles. The van der Waals surface area contributed by atoms with Crippen molar-refractivity contribution in [1.29, 1.82) is 0 Å². The minimum Gasteiger partial charge on any atom is -0.349 e. The van der Waals surface area contributed by atoms with E-state index in [1.165, 1.54) is 18.4 Å². The third kappa shape index (κ3) is 4.27. The molecule has 2 atom stereocenters. The van der Waals surface area contributed by atoms with Gasteiger partial charge in [0, 0.05) is 29.9 Å². The number of carbonyl (C=O) groups excluding carboxylic acids is 1. The van der Waals surface area contributed by atoms with Crippen molar-refractivity contribution in [2.45, 2.75) is 44.2 Å². The van der Waals surface area contributed by atoms with Gasteiger partial charge in [0.15, 0.2) is 0 Å². The fourth-order valence-corrected chi connectivity index (χ4v) is 4.05. The van der Waals surface area contributed by atoms with Crippen molar-refractivity contribution in [3.63, 3.8) is 0 Å². The zero-order valence-corrected chi connectivity index (χ0v) is 15.4. The summed E-state index contributed by atoms with van der Waals surface area (Å²) in [5.41, 5.74) is 3.13. The molecule has 4 rings (SSSR count). The Balaban J connectivity index is 1.47. The van der Waals surface area contributed by atoms with Gasteiger partial charge >= 0.3 is 0 Å². The van der Waals surface area contributed by atoms with E-state index >= 15 is 0 Å². The van der Waals surface area contributed by atoms with Gasteiger partial charge in [-0.3, -0.25) is 9.48 Å². The number of benzene rings is 2. The number of amides is 1. The van der Waals surface area contributed by atoms with Gasteiger partial charge in [-0.05, 0) is 42.2 Å². The molecule has 4 heteroatoms. The molecule has 1 saturated carbocycles. The maximum atomic E-state index is 12.9. The van der Waals surface area contributed by atoms with Crippen molar-refractivity contribution in [1.82, 2.24) is 15.1 Å². The van der Waals surface area contributed by atoms with E-state index in [0.29, 0.717) is 12.5 Å². The van der Waals surface area contributed by atoms with Crippen molar-refractivity contribution in [2.75, 3.05) is 0 Å². The highest BCUT2D eigenvalue weighted by Crippen LogP contribution is 2.33. The second-order valence-corrected chi connectivity index (χ2v) is 7.29. The topological polar surface area (TPSA) is 46.9 Å².